The fourth-order valence-corrected chi connectivity index (χ4v) is 1.70. The van der Waals surface area contributed by atoms with Gasteiger partial charge in [-0.25, -0.2) is 0 Å². The van der Waals surface area contributed by atoms with E-state index in [-0.39, 0.29) is 0 Å². The van der Waals surface area contributed by atoms with Gasteiger partial charge in [-0.1, -0.05) is 38.1 Å². The number of hydrogen-bond donors (Lipinski definition) is 1. The molecule has 0 unspecified atom stereocenters. The van der Waals surface area contributed by atoms with Gasteiger partial charge in [0.1, 0.15) is 11.9 Å². The van der Waals surface area contributed by atoms with Gasteiger partial charge in [-0.2, -0.15) is 0 Å². The topological polar surface area (TPSA) is 33.4 Å². The van der Waals surface area contributed by atoms with Gasteiger partial charge in [0.25, 0.3) is 0 Å². The van der Waals surface area contributed by atoms with Crippen LogP contribution in [0.4, 0.5) is 0 Å². The number of benzene rings is 1. The van der Waals surface area contributed by atoms with Gasteiger partial charge >= 0.3 is 0 Å². The van der Waals surface area contributed by atoms with Crippen molar-refractivity contribution in [1.82, 2.24) is 0 Å². The monoisotopic (exact) mass is 216 g/mol. The van der Waals surface area contributed by atoms with Crippen LogP contribution in [-0.4, -0.2) is 5.11 Å². The number of furan rings is 1. The molecule has 16 heavy (non-hydrogen) atoms. The van der Waals surface area contributed by atoms with Crippen LogP contribution in [0.1, 0.15) is 42.8 Å². The molecular formula is C14H16O2. The Balaban J connectivity index is 2.30. The van der Waals surface area contributed by atoms with Crippen LogP contribution in [-0.2, 0) is 0 Å². The molecule has 84 valence electrons. The van der Waals surface area contributed by atoms with Crippen molar-refractivity contribution in [2.24, 2.45) is 0 Å². The lowest BCUT2D eigenvalue weighted by molar-refractivity contribution is 0.189. The van der Waals surface area contributed by atoms with Gasteiger partial charge in [0, 0.05) is 0 Å². The smallest absolute Gasteiger partial charge is 0.137 e. The van der Waals surface area contributed by atoms with Crippen LogP contribution >= 0.6 is 0 Å². The molecule has 2 rings (SSSR count). The van der Waals surface area contributed by atoms with Gasteiger partial charge in [-0.15, -0.1) is 0 Å². The molecule has 0 saturated heterocycles. The van der Waals surface area contributed by atoms with Crippen molar-refractivity contribution in [2.45, 2.75) is 25.9 Å². The first-order chi connectivity index (χ1) is 7.68. The predicted octanol–water partition coefficient (Wildman–Crippen LogP) is 3.48. The number of hydrogen-bond acceptors (Lipinski definition) is 2. The van der Waals surface area contributed by atoms with Gasteiger partial charge in [0.05, 0.1) is 6.26 Å². The van der Waals surface area contributed by atoms with E-state index in [1.807, 2.05) is 18.2 Å². The number of aliphatic hydroxyl groups is 1. The second-order valence-corrected chi connectivity index (χ2v) is 4.24. The lowest BCUT2D eigenvalue weighted by Gasteiger charge is -2.11. The third kappa shape index (κ3) is 2.17. The fourth-order valence-electron chi connectivity index (χ4n) is 1.70. The van der Waals surface area contributed by atoms with Crippen molar-refractivity contribution in [3.63, 3.8) is 0 Å². The van der Waals surface area contributed by atoms with Crippen molar-refractivity contribution in [2.75, 3.05) is 0 Å². The summed E-state index contributed by atoms with van der Waals surface area (Å²) in [5, 5.41) is 10.1. The molecule has 2 nitrogen and oxygen atoms in total. The maximum Gasteiger partial charge on any atom is 0.137 e. The van der Waals surface area contributed by atoms with Gasteiger partial charge < -0.3 is 9.52 Å². The molecule has 1 N–H and O–H groups in total. The van der Waals surface area contributed by atoms with Crippen molar-refractivity contribution >= 4 is 0 Å². The molecule has 0 radical (unpaired) electrons. The van der Waals surface area contributed by atoms with E-state index < -0.39 is 6.10 Å². The molecule has 1 atom stereocenters. The largest absolute Gasteiger partial charge is 0.466 e. The minimum Gasteiger partial charge on any atom is -0.466 e. The second kappa shape index (κ2) is 4.54. The zero-order valence-corrected chi connectivity index (χ0v) is 9.55. The van der Waals surface area contributed by atoms with Gasteiger partial charge in [0.15, 0.2) is 0 Å². The molecule has 0 bridgehead atoms. The van der Waals surface area contributed by atoms with Crippen molar-refractivity contribution in [3.8, 4) is 0 Å². The first-order valence-electron chi connectivity index (χ1n) is 5.50. The quantitative estimate of drug-likeness (QED) is 0.852. The zero-order chi connectivity index (χ0) is 11.5. The van der Waals surface area contributed by atoms with E-state index in [0.717, 1.165) is 5.56 Å². The third-order valence-corrected chi connectivity index (χ3v) is 2.71. The first kappa shape index (κ1) is 11.0. The molecule has 2 heteroatoms. The summed E-state index contributed by atoms with van der Waals surface area (Å²) in [4.78, 5) is 0. The molecule has 0 aliphatic carbocycles. The minimum atomic E-state index is -0.673. The van der Waals surface area contributed by atoms with Crippen LogP contribution in [0, 0.1) is 0 Å². The number of aliphatic hydroxyl groups excluding tert-OH is 1. The highest BCUT2D eigenvalue weighted by molar-refractivity contribution is 5.30. The maximum absolute atomic E-state index is 10.1. The fraction of sp³-hybridized carbons (Fsp3) is 0.286. The SMILES string of the molecule is CC(C)c1cccc([C@H](O)c2ccco2)c1. The van der Waals surface area contributed by atoms with Crippen LogP contribution in [0.5, 0.6) is 0 Å². The normalized spacial score (nSPS) is 13.0. The molecule has 1 aromatic carbocycles. The summed E-state index contributed by atoms with van der Waals surface area (Å²) < 4.78 is 5.20. The highest BCUT2D eigenvalue weighted by Crippen LogP contribution is 2.25. The highest BCUT2D eigenvalue weighted by atomic mass is 16.4. The molecule has 0 spiro atoms. The second-order valence-electron chi connectivity index (χ2n) is 4.24. The van der Waals surface area contributed by atoms with Crippen LogP contribution in [0.25, 0.3) is 0 Å². The highest BCUT2D eigenvalue weighted by Gasteiger charge is 2.13. The van der Waals surface area contributed by atoms with Crippen LogP contribution in [0.15, 0.2) is 47.1 Å². The Morgan fingerprint density at radius 2 is 1.81 bits per heavy atom. The Labute approximate surface area is 95.5 Å². The molecule has 0 aliphatic rings. The van der Waals surface area contributed by atoms with E-state index in [9.17, 15) is 5.11 Å². The summed E-state index contributed by atoms with van der Waals surface area (Å²) in [7, 11) is 0. The molecule has 0 saturated carbocycles. The molecule has 0 aliphatic heterocycles. The first-order valence-corrected chi connectivity index (χ1v) is 5.50. The Kier molecular flexibility index (Phi) is 3.11. The maximum atomic E-state index is 10.1. The van der Waals surface area contributed by atoms with Crippen LogP contribution < -0.4 is 0 Å². The molecular weight excluding hydrogens is 200 g/mol. The lowest BCUT2D eigenvalue weighted by atomic mass is 9.98. The summed E-state index contributed by atoms with van der Waals surface area (Å²) in [6.45, 7) is 4.27. The summed E-state index contributed by atoms with van der Waals surface area (Å²) in [6, 6.07) is 11.5. The summed E-state index contributed by atoms with van der Waals surface area (Å²) in [5.41, 5.74) is 2.10. The predicted molar refractivity (Wildman–Crippen MR) is 63.3 cm³/mol. The summed E-state index contributed by atoms with van der Waals surface area (Å²) in [6.07, 6.45) is 0.902. The van der Waals surface area contributed by atoms with E-state index in [1.165, 1.54) is 5.56 Å². The molecule has 0 fully saturated rings. The van der Waals surface area contributed by atoms with Crippen molar-refractivity contribution in [3.05, 3.63) is 59.5 Å². The van der Waals surface area contributed by atoms with E-state index >= 15 is 0 Å². The van der Waals surface area contributed by atoms with Crippen LogP contribution in [0.2, 0.25) is 0 Å². The Morgan fingerprint density at radius 3 is 2.44 bits per heavy atom. The van der Waals surface area contributed by atoms with E-state index in [4.69, 9.17) is 4.42 Å². The summed E-state index contributed by atoms with van der Waals surface area (Å²) >= 11 is 0. The van der Waals surface area contributed by atoms with Gasteiger partial charge in [0.2, 0.25) is 0 Å². The van der Waals surface area contributed by atoms with E-state index in [2.05, 4.69) is 19.9 Å². The Hall–Kier alpha value is -1.54. The Bertz CT molecular complexity index is 444. The molecule has 1 heterocycles. The molecule has 2 aromatic rings. The molecule has 1 aromatic heterocycles. The third-order valence-electron chi connectivity index (χ3n) is 2.71. The van der Waals surface area contributed by atoms with E-state index in [0.29, 0.717) is 11.7 Å². The zero-order valence-electron chi connectivity index (χ0n) is 9.55. The summed E-state index contributed by atoms with van der Waals surface area (Å²) in [5.74, 6) is 1.05. The lowest BCUT2D eigenvalue weighted by Crippen LogP contribution is -1.99. The van der Waals surface area contributed by atoms with Crippen molar-refractivity contribution in [1.29, 1.82) is 0 Å². The average Bonchev–Trinajstić information content (AvgIpc) is 2.81. The molecule has 0 amide bonds. The van der Waals surface area contributed by atoms with Crippen LogP contribution in [0.3, 0.4) is 0 Å². The van der Waals surface area contributed by atoms with Gasteiger partial charge in [-0.3, -0.25) is 0 Å². The van der Waals surface area contributed by atoms with E-state index in [1.54, 1.807) is 18.4 Å². The number of rotatable bonds is 3. The van der Waals surface area contributed by atoms with Gasteiger partial charge in [-0.05, 0) is 29.2 Å². The average molecular weight is 216 g/mol. The standard InChI is InChI=1S/C14H16O2/c1-10(2)11-5-3-6-12(9-11)14(15)13-7-4-8-16-13/h3-10,14-15H,1-2H3/t14-/m0/s1. The minimum absolute atomic E-state index is 0.462. The Morgan fingerprint density at radius 1 is 1.06 bits per heavy atom. The van der Waals surface area contributed by atoms with Crippen molar-refractivity contribution < 1.29 is 9.52 Å².